The van der Waals surface area contributed by atoms with E-state index in [-0.39, 0.29) is 18.2 Å². The van der Waals surface area contributed by atoms with Gasteiger partial charge in [0.25, 0.3) is 5.56 Å². The molecule has 2 heterocycles. The molecule has 2 aromatic rings. The standard InChI is InChI=1S/C20H25BN2O6/c1-19(2)20(3,4)29-21(28-19)12-6-9-14-15(10-12)17(27-13-7-8-13)22-23(18(14)25)11-16(24)26-5/h6,9-10,13H,7-8,11H2,1-5H3. The first kappa shape index (κ1) is 19.9. The van der Waals surface area contributed by atoms with E-state index >= 15 is 0 Å². The number of fused-ring (bicyclic) bond motifs is 1. The quantitative estimate of drug-likeness (QED) is 0.554. The van der Waals surface area contributed by atoms with Gasteiger partial charge in [-0.1, -0.05) is 6.07 Å². The van der Waals surface area contributed by atoms with Crippen LogP contribution in [0.2, 0.25) is 0 Å². The third-order valence-electron chi connectivity index (χ3n) is 5.79. The zero-order chi connectivity index (χ0) is 21.0. The molecule has 1 saturated carbocycles. The molecule has 1 saturated heterocycles. The molecule has 0 radical (unpaired) electrons. The van der Waals surface area contributed by atoms with Crippen molar-refractivity contribution >= 4 is 29.3 Å². The topological polar surface area (TPSA) is 88.9 Å². The summed E-state index contributed by atoms with van der Waals surface area (Å²) in [6.07, 6.45) is 1.96. The highest BCUT2D eigenvalue weighted by Crippen LogP contribution is 2.37. The first-order valence-corrected chi connectivity index (χ1v) is 9.75. The first-order valence-electron chi connectivity index (χ1n) is 9.75. The summed E-state index contributed by atoms with van der Waals surface area (Å²) in [5.41, 5.74) is -0.540. The minimum atomic E-state index is -0.560. The van der Waals surface area contributed by atoms with Gasteiger partial charge in [0.1, 0.15) is 12.6 Å². The summed E-state index contributed by atoms with van der Waals surface area (Å²) >= 11 is 0. The molecule has 0 spiro atoms. The average molecular weight is 400 g/mol. The Morgan fingerprint density at radius 3 is 2.45 bits per heavy atom. The fourth-order valence-electron chi connectivity index (χ4n) is 3.12. The summed E-state index contributed by atoms with van der Waals surface area (Å²) < 4.78 is 23.9. The average Bonchev–Trinajstić information content (AvgIpc) is 3.44. The lowest BCUT2D eigenvalue weighted by Gasteiger charge is -2.32. The van der Waals surface area contributed by atoms with Crippen molar-refractivity contribution in [2.45, 2.75) is 64.4 Å². The third-order valence-corrected chi connectivity index (χ3v) is 5.79. The Kier molecular flexibility index (Phi) is 4.70. The number of esters is 1. The Balaban J connectivity index is 1.78. The molecule has 1 aliphatic heterocycles. The Hall–Kier alpha value is -2.39. The molecule has 2 aliphatic rings. The molecular weight excluding hydrogens is 375 g/mol. The summed E-state index contributed by atoms with van der Waals surface area (Å²) in [5, 5.41) is 5.29. The molecule has 29 heavy (non-hydrogen) atoms. The van der Waals surface area contributed by atoms with Gasteiger partial charge in [-0.2, -0.15) is 0 Å². The Labute approximate surface area is 169 Å². The molecule has 8 nitrogen and oxygen atoms in total. The fraction of sp³-hybridized carbons (Fsp3) is 0.550. The molecule has 154 valence electrons. The van der Waals surface area contributed by atoms with Gasteiger partial charge in [0, 0.05) is 0 Å². The first-order chi connectivity index (χ1) is 13.6. The second-order valence-electron chi connectivity index (χ2n) is 8.55. The van der Waals surface area contributed by atoms with Crippen LogP contribution in [0, 0.1) is 0 Å². The lowest BCUT2D eigenvalue weighted by molar-refractivity contribution is -0.141. The molecule has 0 amide bonds. The van der Waals surface area contributed by atoms with Crippen molar-refractivity contribution in [2.24, 2.45) is 0 Å². The van der Waals surface area contributed by atoms with Crippen LogP contribution in [0.15, 0.2) is 23.0 Å². The normalized spacial score (nSPS) is 20.1. The van der Waals surface area contributed by atoms with Gasteiger partial charge in [-0.15, -0.1) is 5.10 Å². The van der Waals surface area contributed by atoms with E-state index in [9.17, 15) is 9.59 Å². The number of methoxy groups -OCH3 is 1. The predicted octanol–water partition coefficient (Wildman–Crippen LogP) is 1.41. The van der Waals surface area contributed by atoms with E-state index in [4.69, 9.17) is 14.0 Å². The molecule has 1 aromatic carbocycles. The minimum Gasteiger partial charge on any atom is -0.473 e. The summed E-state index contributed by atoms with van der Waals surface area (Å²) in [6.45, 7) is 7.68. The van der Waals surface area contributed by atoms with Gasteiger partial charge >= 0.3 is 13.1 Å². The number of nitrogens with zero attached hydrogens (tertiary/aromatic N) is 2. The van der Waals surface area contributed by atoms with E-state index in [0.717, 1.165) is 23.0 Å². The van der Waals surface area contributed by atoms with Crippen LogP contribution in [0.3, 0.4) is 0 Å². The van der Waals surface area contributed by atoms with E-state index < -0.39 is 24.3 Å². The predicted molar refractivity (Wildman–Crippen MR) is 107 cm³/mol. The highest BCUT2D eigenvalue weighted by molar-refractivity contribution is 6.62. The van der Waals surface area contributed by atoms with Gasteiger partial charge in [-0.3, -0.25) is 9.59 Å². The van der Waals surface area contributed by atoms with Crippen molar-refractivity contribution < 1.29 is 23.6 Å². The number of ether oxygens (including phenoxy) is 2. The number of hydrogen-bond acceptors (Lipinski definition) is 7. The Morgan fingerprint density at radius 2 is 1.86 bits per heavy atom. The van der Waals surface area contributed by atoms with E-state index in [0.29, 0.717) is 16.7 Å². The SMILES string of the molecule is COC(=O)Cn1nc(OC2CC2)c2cc(B3OC(C)(C)C(C)(C)O3)ccc2c1=O. The van der Waals surface area contributed by atoms with Gasteiger partial charge in [0.05, 0.1) is 29.1 Å². The number of carbonyl (C=O) groups is 1. The van der Waals surface area contributed by atoms with Crippen LogP contribution < -0.4 is 15.8 Å². The molecule has 0 atom stereocenters. The van der Waals surface area contributed by atoms with Crippen LogP contribution in [0.1, 0.15) is 40.5 Å². The second-order valence-corrected chi connectivity index (χ2v) is 8.55. The zero-order valence-corrected chi connectivity index (χ0v) is 17.4. The zero-order valence-electron chi connectivity index (χ0n) is 17.4. The van der Waals surface area contributed by atoms with Crippen molar-refractivity contribution in [1.29, 1.82) is 0 Å². The van der Waals surface area contributed by atoms with Gasteiger partial charge in [0.2, 0.25) is 5.88 Å². The number of carbonyl (C=O) groups excluding carboxylic acids is 1. The van der Waals surface area contributed by atoms with E-state index in [1.807, 2.05) is 33.8 Å². The summed E-state index contributed by atoms with van der Waals surface area (Å²) in [6, 6.07) is 5.33. The maximum absolute atomic E-state index is 12.8. The largest absolute Gasteiger partial charge is 0.494 e. The summed E-state index contributed by atoms with van der Waals surface area (Å²) in [5.74, 6) is -0.227. The van der Waals surface area contributed by atoms with Crippen LogP contribution in [0.5, 0.6) is 5.88 Å². The van der Waals surface area contributed by atoms with Crippen molar-refractivity contribution in [3.63, 3.8) is 0 Å². The summed E-state index contributed by atoms with van der Waals surface area (Å²) in [7, 11) is 0.711. The molecule has 2 fully saturated rings. The highest BCUT2D eigenvalue weighted by Gasteiger charge is 2.51. The van der Waals surface area contributed by atoms with Gasteiger partial charge in [0.15, 0.2) is 0 Å². The Bertz CT molecular complexity index is 1010. The lowest BCUT2D eigenvalue weighted by Crippen LogP contribution is -2.41. The smallest absolute Gasteiger partial charge is 0.473 e. The van der Waals surface area contributed by atoms with Crippen molar-refractivity contribution in [1.82, 2.24) is 9.78 Å². The molecule has 0 N–H and O–H groups in total. The van der Waals surface area contributed by atoms with Crippen LogP contribution >= 0.6 is 0 Å². The van der Waals surface area contributed by atoms with Crippen LogP contribution in [-0.4, -0.2) is 47.3 Å². The number of benzene rings is 1. The molecule has 0 unspecified atom stereocenters. The number of hydrogen-bond donors (Lipinski definition) is 0. The molecule has 4 rings (SSSR count). The molecule has 9 heteroatoms. The molecule has 1 aliphatic carbocycles. The number of aromatic nitrogens is 2. The van der Waals surface area contributed by atoms with Crippen LogP contribution in [0.25, 0.3) is 10.8 Å². The molecule has 0 bridgehead atoms. The minimum absolute atomic E-state index is 0.0790. The molecule has 1 aromatic heterocycles. The lowest BCUT2D eigenvalue weighted by atomic mass is 9.78. The van der Waals surface area contributed by atoms with E-state index in [1.54, 1.807) is 12.1 Å². The molecular formula is C20H25BN2O6. The van der Waals surface area contributed by atoms with Crippen molar-refractivity contribution in [3.05, 3.63) is 28.6 Å². The Morgan fingerprint density at radius 1 is 1.21 bits per heavy atom. The van der Waals surface area contributed by atoms with Gasteiger partial charge in [-0.25, -0.2) is 4.68 Å². The second kappa shape index (κ2) is 6.85. The maximum Gasteiger partial charge on any atom is 0.494 e. The van der Waals surface area contributed by atoms with Gasteiger partial charge in [-0.05, 0) is 58.1 Å². The fourth-order valence-corrected chi connectivity index (χ4v) is 3.12. The third kappa shape index (κ3) is 3.64. The monoisotopic (exact) mass is 400 g/mol. The van der Waals surface area contributed by atoms with E-state index in [2.05, 4.69) is 9.84 Å². The number of rotatable bonds is 5. The van der Waals surface area contributed by atoms with Crippen LogP contribution in [0.4, 0.5) is 0 Å². The van der Waals surface area contributed by atoms with Crippen LogP contribution in [-0.2, 0) is 25.4 Å². The van der Waals surface area contributed by atoms with Crippen molar-refractivity contribution in [3.8, 4) is 5.88 Å². The van der Waals surface area contributed by atoms with Crippen molar-refractivity contribution in [2.75, 3.05) is 7.11 Å². The van der Waals surface area contributed by atoms with Gasteiger partial charge < -0.3 is 18.8 Å². The summed E-state index contributed by atoms with van der Waals surface area (Å²) in [4.78, 5) is 24.5. The highest BCUT2D eigenvalue weighted by atomic mass is 16.7. The maximum atomic E-state index is 12.8. The van der Waals surface area contributed by atoms with E-state index in [1.165, 1.54) is 7.11 Å².